The largest absolute Gasteiger partial charge is 0.493 e. The highest BCUT2D eigenvalue weighted by atomic mass is 16.5. The second kappa shape index (κ2) is 3.89. The lowest BCUT2D eigenvalue weighted by Gasteiger charge is -2.10. The van der Waals surface area contributed by atoms with Gasteiger partial charge in [0.1, 0.15) is 0 Å². The van der Waals surface area contributed by atoms with E-state index in [4.69, 9.17) is 9.47 Å². The summed E-state index contributed by atoms with van der Waals surface area (Å²) >= 11 is 0. The van der Waals surface area contributed by atoms with Crippen molar-refractivity contribution in [1.29, 1.82) is 0 Å². The van der Waals surface area contributed by atoms with E-state index in [1.807, 2.05) is 11.6 Å². The van der Waals surface area contributed by atoms with Gasteiger partial charge >= 0.3 is 0 Å². The van der Waals surface area contributed by atoms with Gasteiger partial charge in [-0.3, -0.25) is 4.79 Å². The number of aryl methyl sites for hydroxylation is 1. The molecule has 0 aliphatic carbocycles. The van der Waals surface area contributed by atoms with Crippen molar-refractivity contribution in [2.45, 2.75) is 0 Å². The van der Waals surface area contributed by atoms with E-state index < -0.39 is 0 Å². The molecule has 0 bridgehead atoms. The van der Waals surface area contributed by atoms with Crippen molar-refractivity contribution in [2.75, 3.05) is 14.2 Å². The number of nitrogens with zero attached hydrogens (tertiary/aromatic N) is 1. The van der Waals surface area contributed by atoms with Gasteiger partial charge in [0.05, 0.1) is 19.7 Å². The molecule has 0 spiro atoms. The number of hydrogen-bond donors (Lipinski definition) is 0. The predicted molar refractivity (Wildman–Crippen MR) is 62.3 cm³/mol. The van der Waals surface area contributed by atoms with Crippen LogP contribution in [0.4, 0.5) is 0 Å². The Hall–Kier alpha value is -1.97. The molecule has 0 saturated heterocycles. The van der Waals surface area contributed by atoms with Crippen LogP contribution in [0.5, 0.6) is 11.5 Å². The first-order valence-electron chi connectivity index (χ1n) is 4.88. The van der Waals surface area contributed by atoms with Gasteiger partial charge in [0.2, 0.25) is 0 Å². The van der Waals surface area contributed by atoms with Crippen molar-refractivity contribution in [3.63, 3.8) is 0 Å². The van der Waals surface area contributed by atoms with Crippen molar-refractivity contribution in [3.05, 3.63) is 34.6 Å². The lowest BCUT2D eigenvalue weighted by molar-refractivity contribution is 0.355. The zero-order chi connectivity index (χ0) is 11.7. The third-order valence-corrected chi connectivity index (χ3v) is 2.60. The Bertz CT molecular complexity index is 587. The van der Waals surface area contributed by atoms with E-state index in [1.54, 1.807) is 32.5 Å². The van der Waals surface area contributed by atoms with Crippen LogP contribution in [0.1, 0.15) is 0 Å². The highest BCUT2D eigenvalue weighted by molar-refractivity contribution is 5.82. The lowest BCUT2D eigenvalue weighted by Crippen LogP contribution is -2.05. The molecule has 0 atom stereocenters. The number of benzene rings is 1. The number of ether oxygens (including phenoxy) is 2. The van der Waals surface area contributed by atoms with Gasteiger partial charge < -0.3 is 14.0 Å². The van der Waals surface area contributed by atoms with Gasteiger partial charge in [-0.2, -0.15) is 0 Å². The van der Waals surface area contributed by atoms with E-state index in [9.17, 15) is 4.79 Å². The maximum atomic E-state index is 11.7. The molecule has 4 nitrogen and oxygen atoms in total. The first kappa shape index (κ1) is 10.5. The zero-order valence-electron chi connectivity index (χ0n) is 9.48. The van der Waals surface area contributed by atoms with Gasteiger partial charge in [0, 0.05) is 30.8 Å². The summed E-state index contributed by atoms with van der Waals surface area (Å²) in [6.07, 6.45) is 1.73. The van der Waals surface area contributed by atoms with Crippen LogP contribution in [0.25, 0.3) is 10.9 Å². The Morgan fingerprint density at radius 3 is 2.38 bits per heavy atom. The average Bonchev–Trinajstić information content (AvgIpc) is 2.32. The standard InChI is InChI=1S/C12H13NO3/c1-13-5-4-10(14)8-6-11(15-2)12(16-3)7-9(8)13/h4-7H,1-3H3. The SMILES string of the molecule is COc1cc2c(=O)ccn(C)c2cc1OC. The van der Waals surface area contributed by atoms with Crippen LogP contribution in [0.3, 0.4) is 0 Å². The molecule has 1 aromatic carbocycles. The number of fused-ring (bicyclic) bond motifs is 1. The Morgan fingerprint density at radius 2 is 1.75 bits per heavy atom. The quantitative estimate of drug-likeness (QED) is 0.769. The molecule has 0 radical (unpaired) electrons. The second-order valence-corrected chi connectivity index (χ2v) is 3.52. The summed E-state index contributed by atoms with van der Waals surface area (Å²) in [7, 11) is 5.01. The summed E-state index contributed by atoms with van der Waals surface area (Å²) in [4.78, 5) is 11.7. The highest BCUT2D eigenvalue weighted by Crippen LogP contribution is 2.30. The third kappa shape index (κ3) is 1.52. The molecule has 0 aliphatic heterocycles. The molecule has 0 N–H and O–H groups in total. The van der Waals surface area contributed by atoms with Crippen molar-refractivity contribution in [2.24, 2.45) is 7.05 Å². The first-order chi connectivity index (χ1) is 7.67. The fraction of sp³-hybridized carbons (Fsp3) is 0.250. The van der Waals surface area contributed by atoms with Crippen LogP contribution in [0, 0.1) is 0 Å². The fourth-order valence-corrected chi connectivity index (χ4v) is 1.71. The number of rotatable bonds is 2. The molecular weight excluding hydrogens is 206 g/mol. The number of aromatic nitrogens is 1. The molecule has 2 aromatic rings. The van der Waals surface area contributed by atoms with Gasteiger partial charge in [0.15, 0.2) is 16.9 Å². The topological polar surface area (TPSA) is 40.5 Å². The molecule has 0 aliphatic rings. The van der Waals surface area contributed by atoms with Gasteiger partial charge in [-0.1, -0.05) is 0 Å². The third-order valence-electron chi connectivity index (χ3n) is 2.60. The molecule has 1 heterocycles. The Morgan fingerprint density at radius 1 is 1.12 bits per heavy atom. The summed E-state index contributed by atoms with van der Waals surface area (Å²) in [5.74, 6) is 1.19. The lowest BCUT2D eigenvalue weighted by atomic mass is 10.2. The Balaban J connectivity index is 2.88. The summed E-state index contributed by atoms with van der Waals surface area (Å²) in [6, 6.07) is 5.04. The van der Waals surface area contributed by atoms with Crippen LogP contribution in [-0.2, 0) is 7.05 Å². The molecule has 0 amide bonds. The van der Waals surface area contributed by atoms with Crippen LogP contribution in [-0.4, -0.2) is 18.8 Å². The molecular formula is C12H13NO3. The monoisotopic (exact) mass is 219 g/mol. The van der Waals surface area contributed by atoms with E-state index >= 15 is 0 Å². The minimum absolute atomic E-state index is 0.0194. The minimum atomic E-state index is -0.0194. The van der Waals surface area contributed by atoms with Gasteiger partial charge in [-0.05, 0) is 6.07 Å². The maximum Gasteiger partial charge on any atom is 0.189 e. The van der Waals surface area contributed by atoms with E-state index in [2.05, 4.69) is 0 Å². The number of hydrogen-bond acceptors (Lipinski definition) is 3. The minimum Gasteiger partial charge on any atom is -0.493 e. The van der Waals surface area contributed by atoms with Crippen molar-refractivity contribution in [1.82, 2.24) is 4.57 Å². The van der Waals surface area contributed by atoms with E-state index in [-0.39, 0.29) is 5.43 Å². The molecule has 0 saturated carbocycles. The molecule has 2 rings (SSSR count). The summed E-state index contributed by atoms with van der Waals surface area (Å²) in [5.41, 5.74) is 0.805. The normalized spacial score (nSPS) is 10.4. The molecule has 1 aromatic heterocycles. The van der Waals surface area contributed by atoms with E-state index in [0.29, 0.717) is 16.9 Å². The average molecular weight is 219 g/mol. The molecule has 4 heteroatoms. The van der Waals surface area contributed by atoms with Crippen LogP contribution in [0.2, 0.25) is 0 Å². The highest BCUT2D eigenvalue weighted by Gasteiger charge is 2.08. The van der Waals surface area contributed by atoms with Crippen molar-refractivity contribution in [3.8, 4) is 11.5 Å². The first-order valence-corrected chi connectivity index (χ1v) is 4.88. The van der Waals surface area contributed by atoms with E-state index in [1.165, 1.54) is 6.07 Å². The van der Waals surface area contributed by atoms with Gasteiger partial charge in [-0.15, -0.1) is 0 Å². The molecule has 0 unspecified atom stereocenters. The second-order valence-electron chi connectivity index (χ2n) is 3.52. The summed E-state index contributed by atoms with van der Waals surface area (Å²) in [6.45, 7) is 0. The maximum absolute atomic E-state index is 11.7. The molecule has 16 heavy (non-hydrogen) atoms. The predicted octanol–water partition coefficient (Wildman–Crippen LogP) is 1.56. The summed E-state index contributed by atoms with van der Waals surface area (Å²) < 4.78 is 12.2. The van der Waals surface area contributed by atoms with Crippen LogP contribution < -0.4 is 14.9 Å². The van der Waals surface area contributed by atoms with Crippen LogP contribution in [0.15, 0.2) is 29.2 Å². The number of pyridine rings is 1. The molecule has 84 valence electrons. The fourth-order valence-electron chi connectivity index (χ4n) is 1.71. The van der Waals surface area contributed by atoms with Gasteiger partial charge in [0.25, 0.3) is 0 Å². The molecule has 0 fully saturated rings. The smallest absolute Gasteiger partial charge is 0.189 e. The van der Waals surface area contributed by atoms with Gasteiger partial charge in [-0.25, -0.2) is 0 Å². The Kier molecular flexibility index (Phi) is 2.56. The Labute approximate surface area is 93.0 Å². The van der Waals surface area contributed by atoms with Crippen molar-refractivity contribution >= 4 is 10.9 Å². The van der Waals surface area contributed by atoms with Crippen LogP contribution >= 0.6 is 0 Å². The zero-order valence-corrected chi connectivity index (χ0v) is 9.48. The summed E-state index contributed by atoms with van der Waals surface area (Å²) in [5, 5.41) is 0.627. The number of methoxy groups -OCH3 is 2. The van der Waals surface area contributed by atoms with Crippen molar-refractivity contribution < 1.29 is 9.47 Å². The van der Waals surface area contributed by atoms with E-state index in [0.717, 1.165) is 5.52 Å².